The van der Waals surface area contributed by atoms with Crippen molar-refractivity contribution in [1.29, 1.82) is 0 Å². The molecule has 3 heteroatoms. The van der Waals surface area contributed by atoms with Gasteiger partial charge in [0, 0.05) is 0 Å². The van der Waals surface area contributed by atoms with Gasteiger partial charge in [-0.2, -0.15) is 0 Å². The Kier molecular flexibility index (Phi) is 2.50. The Bertz CT molecular complexity index is 260. The molecule has 0 atom stereocenters. The molecule has 0 radical (unpaired) electrons. The van der Waals surface area contributed by atoms with Gasteiger partial charge >= 0.3 is 71.9 Å². The molecule has 0 unspecified atom stereocenters. The SMILES string of the molecule is O=C([SeH])c1ccccc1Cl. The minimum absolute atomic E-state index is 0.0573. The number of hydrogen-bond acceptors (Lipinski definition) is 1. The summed E-state index contributed by atoms with van der Waals surface area (Å²) in [6.07, 6.45) is 0. The van der Waals surface area contributed by atoms with E-state index in [1.165, 1.54) is 0 Å². The number of halogens is 1. The second kappa shape index (κ2) is 3.20. The van der Waals surface area contributed by atoms with Crippen molar-refractivity contribution in [3.8, 4) is 0 Å². The molecule has 1 nitrogen and oxygen atoms in total. The van der Waals surface area contributed by atoms with Gasteiger partial charge in [0.15, 0.2) is 0 Å². The Morgan fingerprint density at radius 3 is 2.40 bits per heavy atom. The van der Waals surface area contributed by atoms with Crippen LogP contribution < -0.4 is 0 Å². The normalized spacial score (nSPS) is 9.40. The fraction of sp³-hybridized carbons (Fsp3) is 0. The van der Waals surface area contributed by atoms with Crippen LogP contribution in [0.5, 0.6) is 0 Å². The third-order valence-electron chi connectivity index (χ3n) is 1.10. The van der Waals surface area contributed by atoms with E-state index in [1.807, 2.05) is 16.0 Å². The van der Waals surface area contributed by atoms with Crippen molar-refractivity contribution in [1.82, 2.24) is 0 Å². The Labute approximate surface area is 72.2 Å². The molecule has 10 heavy (non-hydrogen) atoms. The molecule has 0 bridgehead atoms. The van der Waals surface area contributed by atoms with Gasteiger partial charge in [-0.1, -0.05) is 0 Å². The first-order chi connectivity index (χ1) is 4.72. The number of rotatable bonds is 1. The Hall–Kier alpha value is -0.301. The van der Waals surface area contributed by atoms with Gasteiger partial charge in [-0.15, -0.1) is 0 Å². The fourth-order valence-corrected chi connectivity index (χ4v) is 1.41. The van der Waals surface area contributed by atoms with Crippen molar-refractivity contribution in [3.05, 3.63) is 34.9 Å². The van der Waals surface area contributed by atoms with Crippen LogP contribution in [0.1, 0.15) is 10.4 Å². The number of benzene rings is 1. The fourth-order valence-electron chi connectivity index (χ4n) is 0.635. The van der Waals surface area contributed by atoms with Crippen LogP contribution in [-0.2, 0) is 0 Å². The summed E-state index contributed by atoms with van der Waals surface area (Å²) >= 11 is 7.63. The third-order valence-corrected chi connectivity index (χ3v) is 1.94. The molecule has 0 aromatic heterocycles. The van der Waals surface area contributed by atoms with E-state index < -0.39 is 0 Å². The van der Waals surface area contributed by atoms with Crippen molar-refractivity contribution >= 4 is 32.3 Å². The molecule has 1 aromatic carbocycles. The van der Waals surface area contributed by atoms with Crippen molar-refractivity contribution < 1.29 is 4.79 Å². The van der Waals surface area contributed by atoms with Crippen molar-refractivity contribution in [2.75, 3.05) is 0 Å². The van der Waals surface area contributed by atoms with Crippen molar-refractivity contribution in [2.24, 2.45) is 0 Å². The van der Waals surface area contributed by atoms with Gasteiger partial charge in [0.1, 0.15) is 0 Å². The van der Waals surface area contributed by atoms with Gasteiger partial charge in [-0.3, -0.25) is 0 Å². The summed E-state index contributed by atoms with van der Waals surface area (Å²) < 4.78 is -0.0573. The molecular weight excluding hydrogens is 214 g/mol. The summed E-state index contributed by atoms with van der Waals surface area (Å²) in [6, 6.07) is 6.97. The van der Waals surface area contributed by atoms with Gasteiger partial charge in [-0.05, 0) is 0 Å². The monoisotopic (exact) mass is 220 g/mol. The molecule has 0 N–H and O–H groups in total. The second-order valence-electron chi connectivity index (χ2n) is 1.78. The summed E-state index contributed by atoms with van der Waals surface area (Å²) in [7, 11) is 0. The molecule has 0 heterocycles. The first-order valence-corrected chi connectivity index (χ1v) is 4.01. The van der Waals surface area contributed by atoms with Gasteiger partial charge in [0.05, 0.1) is 0 Å². The van der Waals surface area contributed by atoms with Gasteiger partial charge in [0.2, 0.25) is 0 Å². The van der Waals surface area contributed by atoms with E-state index in [2.05, 4.69) is 0 Å². The van der Waals surface area contributed by atoms with Crippen molar-refractivity contribution in [2.45, 2.75) is 0 Å². The first-order valence-electron chi connectivity index (χ1n) is 2.69. The Morgan fingerprint density at radius 1 is 1.40 bits per heavy atom. The minimum atomic E-state index is -0.0573. The summed E-state index contributed by atoms with van der Waals surface area (Å²) in [5.41, 5.74) is 0.559. The van der Waals surface area contributed by atoms with Crippen LogP contribution in [-0.4, -0.2) is 20.7 Å². The zero-order valence-corrected chi connectivity index (χ0v) is 7.68. The maximum absolute atomic E-state index is 10.8. The molecule has 52 valence electrons. The Morgan fingerprint density at radius 2 is 2.00 bits per heavy atom. The summed E-state index contributed by atoms with van der Waals surface area (Å²) in [4.78, 5) is 10.8. The van der Waals surface area contributed by atoms with Crippen LogP contribution in [0.4, 0.5) is 0 Å². The third kappa shape index (κ3) is 1.60. The topological polar surface area (TPSA) is 17.1 Å². The van der Waals surface area contributed by atoms with Gasteiger partial charge in [-0.25, -0.2) is 0 Å². The average molecular weight is 220 g/mol. The van der Waals surface area contributed by atoms with Crippen molar-refractivity contribution in [3.63, 3.8) is 0 Å². The quantitative estimate of drug-likeness (QED) is 0.652. The maximum atomic E-state index is 10.8. The van der Waals surface area contributed by atoms with Crippen LogP contribution in [0.15, 0.2) is 24.3 Å². The molecule has 0 aliphatic heterocycles. The molecule has 1 rings (SSSR count). The molecule has 0 aliphatic rings. The molecule has 0 amide bonds. The van der Waals surface area contributed by atoms with Crippen LogP contribution >= 0.6 is 11.6 Å². The molecule has 0 saturated heterocycles. The molecule has 1 aromatic rings. The second-order valence-corrected chi connectivity index (χ2v) is 3.04. The van der Waals surface area contributed by atoms with E-state index in [0.29, 0.717) is 10.6 Å². The van der Waals surface area contributed by atoms with Crippen LogP contribution in [0.25, 0.3) is 0 Å². The van der Waals surface area contributed by atoms with Crippen LogP contribution in [0, 0.1) is 0 Å². The van der Waals surface area contributed by atoms with E-state index in [0.717, 1.165) is 0 Å². The standard InChI is InChI=1S/C7H5ClOSe/c8-6-4-2-1-3-5(6)7(9)10/h1-4H,(H,9,10). The van der Waals surface area contributed by atoms with Gasteiger partial charge < -0.3 is 0 Å². The van der Waals surface area contributed by atoms with Crippen LogP contribution in [0.3, 0.4) is 0 Å². The van der Waals surface area contributed by atoms with E-state index >= 15 is 0 Å². The number of carbonyl (C=O) groups excluding carboxylic acids is 1. The molecule has 0 aliphatic carbocycles. The molecule has 0 spiro atoms. The summed E-state index contributed by atoms with van der Waals surface area (Å²) in [6.45, 7) is 0. The van der Waals surface area contributed by atoms with E-state index in [4.69, 9.17) is 11.6 Å². The first kappa shape index (κ1) is 7.80. The van der Waals surface area contributed by atoms with E-state index in [-0.39, 0.29) is 4.68 Å². The zero-order chi connectivity index (χ0) is 7.56. The van der Waals surface area contributed by atoms with Gasteiger partial charge in [0.25, 0.3) is 0 Å². The summed E-state index contributed by atoms with van der Waals surface area (Å²) in [5, 5.41) is 0.508. The summed E-state index contributed by atoms with van der Waals surface area (Å²) in [5.74, 6) is 0. The predicted octanol–water partition coefficient (Wildman–Crippen LogP) is 1.38. The van der Waals surface area contributed by atoms with E-state index in [9.17, 15) is 4.79 Å². The number of carbonyl (C=O) groups is 1. The predicted molar refractivity (Wildman–Crippen MR) is 42.9 cm³/mol. The number of hydrogen-bond donors (Lipinski definition) is 0. The zero-order valence-electron chi connectivity index (χ0n) is 5.04. The average Bonchev–Trinajstić information content (AvgIpc) is 1.88. The Balaban J connectivity index is 3.15. The molecular formula is C7H5ClOSe. The molecule has 0 fully saturated rings. The van der Waals surface area contributed by atoms with E-state index in [1.54, 1.807) is 24.3 Å². The molecule has 0 saturated carbocycles. The van der Waals surface area contributed by atoms with Crippen LogP contribution in [0.2, 0.25) is 5.02 Å².